The molecule has 0 spiro atoms. The summed E-state index contributed by atoms with van der Waals surface area (Å²) in [6.45, 7) is 4.61. The number of carbonyl (C=O) groups excluding carboxylic acids is 1. The largest absolute Gasteiger partial charge is 0.487 e. The summed E-state index contributed by atoms with van der Waals surface area (Å²) in [5, 5.41) is 11.9. The van der Waals surface area contributed by atoms with Crippen molar-refractivity contribution in [2.75, 3.05) is 26.7 Å². The van der Waals surface area contributed by atoms with Crippen molar-refractivity contribution in [2.45, 2.75) is 33.2 Å². The van der Waals surface area contributed by atoms with Crippen LogP contribution in [0.25, 0.3) is 0 Å². The second-order valence-electron chi connectivity index (χ2n) is 8.04. The Morgan fingerprint density at radius 3 is 2.48 bits per heavy atom. The van der Waals surface area contributed by atoms with Crippen LogP contribution in [-0.4, -0.2) is 48.7 Å². The van der Waals surface area contributed by atoms with E-state index in [0.717, 1.165) is 42.5 Å². The van der Waals surface area contributed by atoms with Crippen LogP contribution in [0.5, 0.6) is 11.5 Å². The molecule has 2 aromatic rings. The molecule has 1 aromatic heterocycles. The van der Waals surface area contributed by atoms with Gasteiger partial charge in [-0.1, -0.05) is 12.1 Å². The first-order chi connectivity index (χ1) is 15.6. The van der Waals surface area contributed by atoms with Crippen molar-refractivity contribution in [3.05, 3.63) is 52.3 Å². The molecule has 1 amide bonds. The lowest BCUT2D eigenvalue weighted by molar-refractivity contribution is -0.153. The topological polar surface area (TPSA) is 87.5 Å². The zero-order chi connectivity index (χ0) is 24.2. The summed E-state index contributed by atoms with van der Waals surface area (Å²) in [4.78, 5) is 17.9. The average Bonchev–Trinajstić information content (AvgIpc) is 2.73. The fraction of sp³-hybridized carbons (Fsp3) is 0.435. The number of alkyl halides is 3. The van der Waals surface area contributed by atoms with Gasteiger partial charge in [-0.15, -0.1) is 0 Å². The third-order valence-corrected chi connectivity index (χ3v) is 5.30. The number of amides is 1. The van der Waals surface area contributed by atoms with E-state index in [1.165, 1.54) is 6.07 Å². The van der Waals surface area contributed by atoms with Crippen LogP contribution in [0.15, 0.2) is 24.4 Å². The molecule has 1 saturated heterocycles. The third kappa shape index (κ3) is 6.35. The first-order valence-corrected chi connectivity index (χ1v) is 10.3. The quantitative estimate of drug-likeness (QED) is 0.648. The molecule has 1 aromatic carbocycles. The molecule has 1 aliphatic heterocycles. The molecule has 0 saturated carbocycles. The van der Waals surface area contributed by atoms with Crippen LogP contribution in [0.2, 0.25) is 0 Å². The Morgan fingerprint density at radius 1 is 1.24 bits per heavy atom. The average molecular weight is 462 g/mol. The van der Waals surface area contributed by atoms with E-state index in [1.54, 1.807) is 7.05 Å². The summed E-state index contributed by atoms with van der Waals surface area (Å²) in [5.41, 5.74) is 3.33. The fourth-order valence-corrected chi connectivity index (χ4v) is 3.76. The van der Waals surface area contributed by atoms with E-state index in [-0.39, 0.29) is 29.7 Å². The fourth-order valence-electron chi connectivity index (χ4n) is 3.76. The zero-order valence-electron chi connectivity index (χ0n) is 18.6. The molecule has 176 valence electrons. The van der Waals surface area contributed by atoms with E-state index >= 15 is 0 Å². The van der Waals surface area contributed by atoms with Gasteiger partial charge in [0, 0.05) is 26.7 Å². The highest BCUT2D eigenvalue weighted by atomic mass is 19.4. The first kappa shape index (κ1) is 24.3. The molecule has 0 atom stereocenters. The van der Waals surface area contributed by atoms with Crippen LogP contribution >= 0.6 is 0 Å². The van der Waals surface area contributed by atoms with Crippen molar-refractivity contribution in [2.24, 2.45) is 5.92 Å². The van der Waals surface area contributed by atoms with Gasteiger partial charge in [-0.3, -0.25) is 14.7 Å². The van der Waals surface area contributed by atoms with Crippen molar-refractivity contribution in [3.8, 4) is 17.6 Å². The van der Waals surface area contributed by atoms with Crippen LogP contribution in [0, 0.1) is 31.1 Å². The SMILES string of the molecule is CNC(=O)C1CN(Cc2cc(C)c(OCc3cc(C#N)c(OCC(F)(F)F)cn3)c(C)c2)C1. The smallest absolute Gasteiger partial charge is 0.422 e. The monoisotopic (exact) mass is 462 g/mol. The van der Waals surface area contributed by atoms with Crippen molar-refractivity contribution >= 4 is 5.91 Å². The number of nitrogens with one attached hydrogen (secondary N) is 1. The van der Waals surface area contributed by atoms with E-state index in [2.05, 4.69) is 19.9 Å². The normalized spacial score (nSPS) is 14.3. The maximum Gasteiger partial charge on any atom is 0.422 e. The molecule has 10 heteroatoms. The molecule has 1 fully saturated rings. The molecule has 0 radical (unpaired) electrons. The molecule has 0 bridgehead atoms. The van der Waals surface area contributed by atoms with Crippen molar-refractivity contribution in [1.29, 1.82) is 5.26 Å². The minimum Gasteiger partial charge on any atom is -0.487 e. The first-order valence-electron chi connectivity index (χ1n) is 10.3. The van der Waals surface area contributed by atoms with Gasteiger partial charge in [0.05, 0.1) is 23.4 Å². The van der Waals surface area contributed by atoms with E-state index in [1.807, 2.05) is 32.0 Å². The molecule has 7 nitrogen and oxygen atoms in total. The highest BCUT2D eigenvalue weighted by molar-refractivity contribution is 5.79. The van der Waals surface area contributed by atoms with Crippen molar-refractivity contribution in [3.63, 3.8) is 0 Å². The minimum absolute atomic E-state index is 0.0378. The van der Waals surface area contributed by atoms with Gasteiger partial charge in [0.15, 0.2) is 12.4 Å². The van der Waals surface area contributed by atoms with Crippen LogP contribution in [0.4, 0.5) is 13.2 Å². The number of halogens is 3. The second kappa shape index (κ2) is 10.1. The van der Waals surface area contributed by atoms with Gasteiger partial charge >= 0.3 is 6.18 Å². The maximum absolute atomic E-state index is 12.4. The predicted octanol–water partition coefficient (Wildman–Crippen LogP) is 3.27. The molecular weight excluding hydrogens is 437 g/mol. The molecule has 1 aliphatic rings. The molecular formula is C23H25F3N4O3. The highest BCUT2D eigenvalue weighted by Crippen LogP contribution is 2.28. The number of aromatic nitrogens is 1. The third-order valence-electron chi connectivity index (χ3n) is 5.30. The number of hydrogen-bond acceptors (Lipinski definition) is 6. The number of nitrogens with zero attached hydrogens (tertiary/aromatic N) is 3. The lowest BCUT2D eigenvalue weighted by Crippen LogP contribution is -2.52. The number of aryl methyl sites for hydroxylation is 2. The van der Waals surface area contributed by atoms with E-state index in [0.29, 0.717) is 11.4 Å². The number of carbonyl (C=O) groups is 1. The Morgan fingerprint density at radius 2 is 1.91 bits per heavy atom. The van der Waals surface area contributed by atoms with Gasteiger partial charge < -0.3 is 14.8 Å². The van der Waals surface area contributed by atoms with Gasteiger partial charge in [0.1, 0.15) is 18.4 Å². The molecule has 33 heavy (non-hydrogen) atoms. The van der Waals surface area contributed by atoms with Crippen molar-refractivity contribution in [1.82, 2.24) is 15.2 Å². The Hall–Kier alpha value is -3.32. The number of hydrogen-bond donors (Lipinski definition) is 1. The van der Waals surface area contributed by atoms with Gasteiger partial charge in [-0.2, -0.15) is 18.4 Å². The summed E-state index contributed by atoms with van der Waals surface area (Å²) >= 11 is 0. The van der Waals surface area contributed by atoms with Crippen molar-refractivity contribution < 1.29 is 27.4 Å². The number of benzene rings is 1. The summed E-state index contributed by atoms with van der Waals surface area (Å²) in [7, 11) is 1.64. The number of ether oxygens (including phenoxy) is 2. The summed E-state index contributed by atoms with van der Waals surface area (Å²) in [6, 6.07) is 7.24. The van der Waals surface area contributed by atoms with E-state index < -0.39 is 12.8 Å². The Balaban J connectivity index is 1.61. The molecule has 2 heterocycles. The van der Waals surface area contributed by atoms with E-state index in [9.17, 15) is 23.2 Å². The van der Waals surface area contributed by atoms with Gasteiger partial charge in [-0.25, -0.2) is 0 Å². The number of likely N-dealkylation sites (tertiary alicyclic amines) is 1. The predicted molar refractivity (Wildman–Crippen MR) is 114 cm³/mol. The number of rotatable bonds is 8. The molecule has 3 rings (SSSR count). The Bertz CT molecular complexity index is 1040. The standard InChI is InChI=1S/C23H25F3N4O3/c1-14-4-16(9-30-10-18(11-30)22(31)28-3)5-15(2)21(14)32-12-19-6-17(7-27)20(8-29-19)33-13-23(24,25)26/h4-6,8,18H,9-13H2,1-3H3,(H,28,31). The van der Waals surface area contributed by atoms with Crippen LogP contribution in [0.1, 0.15) is 27.9 Å². The van der Waals surface area contributed by atoms with Crippen LogP contribution < -0.4 is 14.8 Å². The Labute approximate surface area is 190 Å². The summed E-state index contributed by atoms with van der Waals surface area (Å²) in [6.07, 6.45) is -3.40. The zero-order valence-corrected chi connectivity index (χ0v) is 18.6. The van der Waals surface area contributed by atoms with Gasteiger partial charge in [0.25, 0.3) is 0 Å². The lowest BCUT2D eigenvalue weighted by Gasteiger charge is -2.38. The minimum atomic E-state index is -4.50. The molecule has 0 unspecified atom stereocenters. The number of nitriles is 1. The lowest BCUT2D eigenvalue weighted by atomic mass is 9.97. The molecule has 0 aliphatic carbocycles. The van der Waals surface area contributed by atoms with E-state index in [4.69, 9.17) is 4.74 Å². The van der Waals surface area contributed by atoms with Crippen LogP contribution in [0.3, 0.4) is 0 Å². The van der Waals surface area contributed by atoms with Gasteiger partial charge in [0.2, 0.25) is 5.91 Å². The van der Waals surface area contributed by atoms with Crippen LogP contribution in [-0.2, 0) is 17.9 Å². The number of pyridine rings is 1. The maximum atomic E-state index is 12.4. The Kier molecular flexibility index (Phi) is 7.43. The summed E-state index contributed by atoms with van der Waals surface area (Å²) < 4.78 is 47.6. The summed E-state index contributed by atoms with van der Waals surface area (Å²) in [5.74, 6) is 0.564. The molecule has 1 N–H and O–H groups in total. The van der Waals surface area contributed by atoms with Gasteiger partial charge in [-0.05, 0) is 36.6 Å². The second-order valence-corrected chi connectivity index (χ2v) is 8.04. The highest BCUT2D eigenvalue weighted by Gasteiger charge is 2.32.